The molecule has 1 fully saturated rings. The average molecular weight is 242 g/mol. The van der Waals surface area contributed by atoms with E-state index >= 15 is 0 Å². The number of terminal acetylenes is 1. The Balaban J connectivity index is 2.07. The van der Waals surface area contributed by atoms with Gasteiger partial charge >= 0.3 is 0 Å². The summed E-state index contributed by atoms with van der Waals surface area (Å²) in [6.45, 7) is 6.55. The van der Waals surface area contributed by atoms with Crippen LogP contribution in [0.2, 0.25) is 0 Å². The Morgan fingerprint density at radius 2 is 2.17 bits per heavy atom. The maximum atomic E-state index is 5.44. The van der Waals surface area contributed by atoms with Crippen molar-refractivity contribution in [2.45, 2.75) is 38.4 Å². The summed E-state index contributed by atoms with van der Waals surface area (Å²) < 4.78 is 0. The molecule has 2 rings (SSSR count). The molecule has 0 amide bonds. The second kappa shape index (κ2) is 6.04. The minimum Gasteiger partial charge on any atom is -0.307 e. The summed E-state index contributed by atoms with van der Waals surface area (Å²) >= 11 is 0. The lowest BCUT2D eigenvalue weighted by Crippen LogP contribution is -2.54. The third-order valence-corrected chi connectivity index (χ3v) is 3.80. The fraction of sp³-hybridized carbons (Fsp3) is 0.500. The van der Waals surface area contributed by atoms with Gasteiger partial charge in [-0.2, -0.15) is 0 Å². The molecule has 3 atom stereocenters. The molecule has 1 N–H and O–H groups in total. The predicted molar refractivity (Wildman–Crippen MR) is 76.3 cm³/mol. The van der Waals surface area contributed by atoms with Crippen LogP contribution in [-0.2, 0) is 0 Å². The van der Waals surface area contributed by atoms with Crippen LogP contribution >= 0.6 is 0 Å². The summed E-state index contributed by atoms with van der Waals surface area (Å²) in [7, 11) is 0. The maximum Gasteiger partial charge on any atom is 0.0450 e. The van der Waals surface area contributed by atoms with Gasteiger partial charge in [-0.05, 0) is 19.4 Å². The molecular formula is C16H22N2. The van der Waals surface area contributed by atoms with Gasteiger partial charge in [0, 0.05) is 37.6 Å². The first-order valence-electron chi connectivity index (χ1n) is 6.70. The lowest BCUT2D eigenvalue weighted by molar-refractivity contribution is 0.101. The van der Waals surface area contributed by atoms with E-state index in [9.17, 15) is 0 Å². The van der Waals surface area contributed by atoms with Crippen LogP contribution in [0.25, 0.3) is 0 Å². The number of piperazine rings is 1. The van der Waals surface area contributed by atoms with Crippen LogP contribution in [0.15, 0.2) is 30.3 Å². The van der Waals surface area contributed by atoms with Gasteiger partial charge in [-0.1, -0.05) is 30.3 Å². The number of hydrogen-bond acceptors (Lipinski definition) is 2. The topological polar surface area (TPSA) is 15.3 Å². The molecular weight excluding hydrogens is 220 g/mol. The van der Waals surface area contributed by atoms with Crippen molar-refractivity contribution in [1.29, 1.82) is 0 Å². The molecule has 96 valence electrons. The summed E-state index contributed by atoms with van der Waals surface area (Å²) in [5.41, 5.74) is 1.36. The second-order valence-corrected chi connectivity index (χ2v) is 5.17. The number of rotatable bonds is 3. The monoisotopic (exact) mass is 242 g/mol. The van der Waals surface area contributed by atoms with E-state index in [1.54, 1.807) is 0 Å². The SMILES string of the molecule is C#CCC(C)N1CC(c2ccccc2)NCC1C. The van der Waals surface area contributed by atoms with Gasteiger partial charge in [0.1, 0.15) is 0 Å². The fourth-order valence-corrected chi connectivity index (χ4v) is 2.70. The van der Waals surface area contributed by atoms with E-state index in [2.05, 4.69) is 60.3 Å². The van der Waals surface area contributed by atoms with E-state index in [-0.39, 0.29) is 0 Å². The third-order valence-electron chi connectivity index (χ3n) is 3.80. The van der Waals surface area contributed by atoms with Crippen LogP contribution in [0.5, 0.6) is 0 Å². The zero-order chi connectivity index (χ0) is 13.0. The summed E-state index contributed by atoms with van der Waals surface area (Å²) in [6.07, 6.45) is 6.26. The zero-order valence-electron chi connectivity index (χ0n) is 11.3. The van der Waals surface area contributed by atoms with Gasteiger partial charge in [-0.25, -0.2) is 0 Å². The molecule has 1 saturated heterocycles. The highest BCUT2D eigenvalue weighted by molar-refractivity contribution is 5.20. The summed E-state index contributed by atoms with van der Waals surface area (Å²) in [6, 6.07) is 12.1. The Kier molecular flexibility index (Phi) is 4.41. The molecule has 1 aliphatic heterocycles. The minimum atomic E-state index is 0.419. The Hall–Kier alpha value is -1.30. The van der Waals surface area contributed by atoms with Gasteiger partial charge in [0.15, 0.2) is 0 Å². The van der Waals surface area contributed by atoms with Crippen LogP contribution in [0.4, 0.5) is 0 Å². The highest BCUT2D eigenvalue weighted by Crippen LogP contribution is 2.22. The lowest BCUT2D eigenvalue weighted by Gasteiger charge is -2.42. The molecule has 1 heterocycles. The number of nitrogens with one attached hydrogen (secondary N) is 1. The Labute approximate surface area is 110 Å². The van der Waals surface area contributed by atoms with Crippen LogP contribution in [0.1, 0.15) is 31.9 Å². The lowest BCUT2D eigenvalue weighted by atomic mass is 10.00. The second-order valence-electron chi connectivity index (χ2n) is 5.17. The standard InChI is InChI=1S/C16H22N2/c1-4-8-13(2)18-12-16(17-11-14(18)3)15-9-6-5-7-10-15/h1,5-7,9-10,13-14,16-17H,8,11-12H2,2-3H3. The van der Waals surface area contributed by atoms with E-state index in [0.29, 0.717) is 18.1 Å². The van der Waals surface area contributed by atoms with E-state index < -0.39 is 0 Å². The predicted octanol–water partition coefficient (Wildman–Crippen LogP) is 2.43. The molecule has 0 aliphatic carbocycles. The molecule has 1 aliphatic rings. The Bertz CT molecular complexity index is 407. The van der Waals surface area contributed by atoms with E-state index in [4.69, 9.17) is 6.42 Å². The van der Waals surface area contributed by atoms with Gasteiger partial charge in [-0.15, -0.1) is 12.3 Å². The molecule has 0 saturated carbocycles. The highest BCUT2D eigenvalue weighted by Gasteiger charge is 2.28. The molecule has 1 aromatic carbocycles. The van der Waals surface area contributed by atoms with Crippen molar-refractivity contribution < 1.29 is 0 Å². The summed E-state index contributed by atoms with van der Waals surface area (Å²) in [5.74, 6) is 2.78. The van der Waals surface area contributed by atoms with E-state index in [1.807, 2.05) is 0 Å². The van der Waals surface area contributed by atoms with E-state index in [0.717, 1.165) is 19.5 Å². The van der Waals surface area contributed by atoms with Crippen molar-refractivity contribution >= 4 is 0 Å². The quantitative estimate of drug-likeness (QED) is 0.819. The first-order valence-corrected chi connectivity index (χ1v) is 6.70. The van der Waals surface area contributed by atoms with E-state index in [1.165, 1.54) is 5.56 Å². The number of nitrogens with zero attached hydrogens (tertiary/aromatic N) is 1. The van der Waals surface area contributed by atoms with Crippen molar-refractivity contribution in [2.24, 2.45) is 0 Å². The number of hydrogen-bond donors (Lipinski definition) is 1. The van der Waals surface area contributed by atoms with Crippen molar-refractivity contribution in [3.8, 4) is 12.3 Å². The van der Waals surface area contributed by atoms with Crippen molar-refractivity contribution in [3.05, 3.63) is 35.9 Å². The van der Waals surface area contributed by atoms with Gasteiger partial charge in [0.05, 0.1) is 0 Å². The molecule has 2 nitrogen and oxygen atoms in total. The van der Waals surface area contributed by atoms with Gasteiger partial charge < -0.3 is 5.32 Å². The van der Waals surface area contributed by atoms with Gasteiger partial charge in [0.25, 0.3) is 0 Å². The molecule has 0 aromatic heterocycles. The summed E-state index contributed by atoms with van der Waals surface area (Å²) in [4.78, 5) is 2.52. The number of benzene rings is 1. The van der Waals surface area contributed by atoms with Gasteiger partial charge in [-0.3, -0.25) is 4.90 Å². The minimum absolute atomic E-state index is 0.419. The highest BCUT2D eigenvalue weighted by atomic mass is 15.2. The Morgan fingerprint density at radius 1 is 1.44 bits per heavy atom. The normalized spacial score (nSPS) is 26.5. The zero-order valence-corrected chi connectivity index (χ0v) is 11.3. The molecule has 3 unspecified atom stereocenters. The maximum absolute atomic E-state index is 5.44. The van der Waals surface area contributed by atoms with Crippen molar-refractivity contribution in [2.75, 3.05) is 13.1 Å². The van der Waals surface area contributed by atoms with Crippen molar-refractivity contribution in [3.63, 3.8) is 0 Å². The molecule has 18 heavy (non-hydrogen) atoms. The molecule has 2 heteroatoms. The molecule has 0 bridgehead atoms. The Morgan fingerprint density at radius 3 is 2.83 bits per heavy atom. The third kappa shape index (κ3) is 2.93. The fourth-order valence-electron chi connectivity index (χ4n) is 2.70. The molecule has 0 radical (unpaired) electrons. The largest absolute Gasteiger partial charge is 0.307 e. The van der Waals surface area contributed by atoms with Crippen LogP contribution in [0.3, 0.4) is 0 Å². The van der Waals surface area contributed by atoms with Gasteiger partial charge in [0.2, 0.25) is 0 Å². The van der Waals surface area contributed by atoms with Crippen LogP contribution in [0, 0.1) is 12.3 Å². The smallest absolute Gasteiger partial charge is 0.0450 e. The first-order chi connectivity index (χ1) is 8.72. The van der Waals surface area contributed by atoms with Crippen LogP contribution in [-0.4, -0.2) is 30.1 Å². The molecule has 1 aromatic rings. The first kappa shape index (κ1) is 13.1. The van der Waals surface area contributed by atoms with Crippen molar-refractivity contribution in [1.82, 2.24) is 10.2 Å². The molecule has 0 spiro atoms. The van der Waals surface area contributed by atoms with Crippen LogP contribution < -0.4 is 5.32 Å². The average Bonchev–Trinajstić information content (AvgIpc) is 2.40. The summed E-state index contributed by atoms with van der Waals surface area (Å²) in [5, 5.41) is 3.62.